The van der Waals surface area contributed by atoms with Gasteiger partial charge in [-0.3, -0.25) is 4.72 Å². The molecule has 2 aromatic heterocycles. The summed E-state index contributed by atoms with van der Waals surface area (Å²) in [6.45, 7) is 5.29. The predicted octanol–water partition coefficient (Wildman–Crippen LogP) is 7.88. The number of likely N-dealkylation sites (tertiary alicyclic amines) is 1. The lowest BCUT2D eigenvalue weighted by Crippen LogP contribution is -2.20. The highest BCUT2D eigenvalue weighted by Crippen LogP contribution is 2.38. The molecule has 0 radical (unpaired) electrons. The van der Waals surface area contributed by atoms with Crippen LogP contribution in [0.15, 0.2) is 56.9 Å². The van der Waals surface area contributed by atoms with Crippen LogP contribution in [0.25, 0.3) is 0 Å². The Morgan fingerprint density at radius 2 is 1.39 bits per heavy atom. The molecule has 1 atom stereocenters. The van der Waals surface area contributed by atoms with Crippen molar-refractivity contribution < 1.29 is 43.2 Å². The van der Waals surface area contributed by atoms with Gasteiger partial charge in [-0.2, -0.15) is 26.3 Å². The van der Waals surface area contributed by atoms with E-state index in [0.29, 0.717) is 17.7 Å². The van der Waals surface area contributed by atoms with Gasteiger partial charge in [0, 0.05) is 22.9 Å². The predicted molar refractivity (Wildman–Crippen MR) is 150 cm³/mol. The number of sulfonamides is 1. The van der Waals surface area contributed by atoms with Gasteiger partial charge in [0.1, 0.15) is 18.2 Å². The second-order valence-corrected chi connectivity index (χ2v) is 15.6. The Balaban J connectivity index is 0.000000355. The largest absolute Gasteiger partial charge is 0.425 e. The summed E-state index contributed by atoms with van der Waals surface area (Å²) in [5.41, 5.74) is 1.48. The highest BCUT2D eigenvalue weighted by molar-refractivity contribution is 8.15. The molecule has 0 saturated carbocycles. The van der Waals surface area contributed by atoms with Crippen molar-refractivity contribution in [1.82, 2.24) is 4.90 Å². The molecule has 1 aromatic carbocycles. The Morgan fingerprint density at radius 3 is 1.83 bits per heavy atom. The van der Waals surface area contributed by atoms with Crippen LogP contribution < -0.4 is 4.72 Å². The average Bonchev–Trinajstić information content (AvgIpc) is 3.59. The van der Waals surface area contributed by atoms with Gasteiger partial charge in [-0.05, 0) is 73.8 Å². The number of benzene rings is 1. The molecule has 6 nitrogen and oxygen atoms in total. The lowest BCUT2D eigenvalue weighted by molar-refractivity contribution is -0.135. The molecule has 3 heterocycles. The third kappa shape index (κ3) is 10.0. The molecule has 1 aliphatic rings. The molecular formula is C23H24Cl2F6N2O4S4. The zero-order valence-corrected chi connectivity index (χ0v) is 25.8. The maximum absolute atomic E-state index is 12.7. The van der Waals surface area contributed by atoms with E-state index in [2.05, 4.69) is 16.5 Å². The zero-order valence-electron chi connectivity index (χ0n) is 21.0. The Labute approximate surface area is 252 Å². The Morgan fingerprint density at radius 1 is 0.878 bits per heavy atom. The number of thiophene rings is 2. The summed E-state index contributed by atoms with van der Waals surface area (Å²) in [6, 6.07) is 10.4. The van der Waals surface area contributed by atoms with Crippen LogP contribution in [-0.2, 0) is 31.4 Å². The van der Waals surface area contributed by atoms with Gasteiger partial charge in [0.05, 0.1) is 0 Å². The van der Waals surface area contributed by atoms with E-state index in [1.165, 1.54) is 0 Å². The second-order valence-electron chi connectivity index (χ2n) is 8.68. The van der Waals surface area contributed by atoms with Crippen LogP contribution in [0.3, 0.4) is 0 Å². The lowest BCUT2D eigenvalue weighted by atomic mass is 9.98. The standard InChI is InChI=1S/C18H21F3N2O2S2.C5H2ClF3O2S2.ClH/c1-2-10-23-11-9-14(12-23)13-3-5-15(6-4-13)22-27(24,25)17-8-7-16(26-17)18(19,20)21;6-13(10,11)4-2-1-3(12-4)5(7,8)9;/h3-8,14,22H,2,9-12H2,1H3;1-2H;1H/t14-;;/m1../s1. The van der Waals surface area contributed by atoms with Crippen molar-refractivity contribution in [2.75, 3.05) is 24.4 Å². The monoisotopic (exact) mass is 704 g/mol. The summed E-state index contributed by atoms with van der Waals surface area (Å²) in [7, 11) is -3.25. The van der Waals surface area contributed by atoms with Gasteiger partial charge in [0.2, 0.25) is 0 Å². The van der Waals surface area contributed by atoms with E-state index in [0.717, 1.165) is 56.2 Å². The number of hydrogen-bond acceptors (Lipinski definition) is 7. The summed E-state index contributed by atoms with van der Waals surface area (Å²) in [6.07, 6.45) is -6.88. The molecule has 3 aromatic rings. The molecule has 41 heavy (non-hydrogen) atoms. The fraction of sp³-hybridized carbons (Fsp3) is 0.391. The smallest absolute Gasteiger partial charge is 0.303 e. The molecule has 0 aliphatic carbocycles. The summed E-state index contributed by atoms with van der Waals surface area (Å²) in [5, 5.41) is 0. The third-order valence-electron chi connectivity index (χ3n) is 5.67. The number of nitrogens with zero attached hydrogens (tertiary/aromatic N) is 1. The molecule has 4 rings (SSSR count). The first-order valence-electron chi connectivity index (χ1n) is 11.5. The van der Waals surface area contributed by atoms with E-state index in [9.17, 15) is 43.2 Å². The van der Waals surface area contributed by atoms with Gasteiger partial charge in [-0.15, -0.1) is 35.1 Å². The molecule has 1 aliphatic heterocycles. The molecule has 1 saturated heterocycles. The maximum Gasteiger partial charge on any atom is 0.425 e. The molecule has 0 bridgehead atoms. The summed E-state index contributed by atoms with van der Waals surface area (Å²) >= 11 is 0.315. The third-order valence-corrected chi connectivity index (χ3v) is 11.9. The van der Waals surface area contributed by atoms with Crippen molar-refractivity contribution in [1.29, 1.82) is 0 Å². The topological polar surface area (TPSA) is 83.6 Å². The zero-order chi connectivity index (χ0) is 29.9. The average molecular weight is 706 g/mol. The second kappa shape index (κ2) is 13.8. The fourth-order valence-electron chi connectivity index (χ4n) is 3.87. The molecular weight excluding hydrogens is 681 g/mol. The summed E-state index contributed by atoms with van der Waals surface area (Å²) in [5.74, 6) is 0.425. The number of alkyl halides is 6. The first-order chi connectivity index (χ1) is 18.4. The van der Waals surface area contributed by atoms with Crippen LogP contribution in [0.5, 0.6) is 0 Å². The first kappa shape index (κ1) is 35.6. The molecule has 1 fully saturated rings. The normalized spacial score (nSPS) is 16.5. The van der Waals surface area contributed by atoms with Gasteiger partial charge in [-0.1, -0.05) is 19.1 Å². The van der Waals surface area contributed by atoms with Crippen molar-refractivity contribution >= 4 is 70.5 Å². The molecule has 0 spiro atoms. The molecule has 230 valence electrons. The minimum atomic E-state index is -4.55. The van der Waals surface area contributed by atoms with Crippen LogP contribution in [0.2, 0.25) is 0 Å². The van der Waals surface area contributed by atoms with Gasteiger partial charge in [0.25, 0.3) is 19.1 Å². The Bertz CT molecular complexity index is 1510. The highest BCUT2D eigenvalue weighted by atomic mass is 35.7. The first-order valence-corrected chi connectivity index (χ1v) is 17.0. The minimum absolute atomic E-state index is 0. The number of hydrogen-bond donors (Lipinski definition) is 1. The number of anilines is 1. The minimum Gasteiger partial charge on any atom is -0.303 e. The van der Waals surface area contributed by atoms with Crippen molar-refractivity contribution in [2.45, 2.75) is 46.5 Å². The van der Waals surface area contributed by atoms with E-state index in [-0.39, 0.29) is 39.3 Å². The van der Waals surface area contributed by atoms with Crippen molar-refractivity contribution in [3.63, 3.8) is 0 Å². The number of nitrogens with one attached hydrogen (secondary N) is 1. The van der Waals surface area contributed by atoms with E-state index < -0.39 is 45.4 Å². The summed E-state index contributed by atoms with van der Waals surface area (Å²) in [4.78, 5) is 0.499. The van der Waals surface area contributed by atoms with Crippen LogP contribution in [0, 0.1) is 0 Å². The fourth-order valence-corrected chi connectivity index (χ4v) is 8.05. The highest BCUT2D eigenvalue weighted by Gasteiger charge is 2.35. The van der Waals surface area contributed by atoms with Crippen molar-refractivity contribution in [2.24, 2.45) is 0 Å². The van der Waals surface area contributed by atoms with E-state index in [1.807, 2.05) is 12.1 Å². The van der Waals surface area contributed by atoms with Crippen LogP contribution in [0.1, 0.15) is 41.0 Å². The van der Waals surface area contributed by atoms with Crippen molar-refractivity contribution in [3.8, 4) is 0 Å². The van der Waals surface area contributed by atoms with Gasteiger partial charge < -0.3 is 4.90 Å². The summed E-state index contributed by atoms with van der Waals surface area (Å²) < 4.78 is 121. The van der Waals surface area contributed by atoms with Crippen LogP contribution >= 0.6 is 45.8 Å². The van der Waals surface area contributed by atoms with Gasteiger partial charge in [-0.25, -0.2) is 16.8 Å². The molecule has 0 unspecified atom stereocenters. The van der Waals surface area contributed by atoms with Crippen LogP contribution in [0.4, 0.5) is 32.0 Å². The Kier molecular flexibility index (Phi) is 12.0. The molecule has 0 amide bonds. The van der Waals surface area contributed by atoms with E-state index >= 15 is 0 Å². The van der Waals surface area contributed by atoms with Gasteiger partial charge in [0.15, 0.2) is 0 Å². The number of halogens is 8. The maximum atomic E-state index is 12.7. The lowest BCUT2D eigenvalue weighted by Gasteiger charge is -2.15. The van der Waals surface area contributed by atoms with Crippen LogP contribution in [-0.4, -0.2) is 41.4 Å². The molecule has 1 N–H and O–H groups in total. The van der Waals surface area contributed by atoms with Crippen molar-refractivity contribution in [3.05, 3.63) is 63.8 Å². The quantitative estimate of drug-likeness (QED) is 0.200. The number of rotatable bonds is 7. The van der Waals surface area contributed by atoms with Gasteiger partial charge >= 0.3 is 12.4 Å². The Hall–Kier alpha value is -1.56. The van der Waals surface area contributed by atoms with E-state index in [1.54, 1.807) is 12.1 Å². The SMILES string of the molecule is CCCN1CC[C@@H](c2ccc(NS(=O)(=O)c3ccc(C(F)(F)F)s3)cc2)C1.Cl.O=S(=O)(Cl)c1ccc(C(F)(F)F)s1. The molecule has 18 heteroatoms. The van der Waals surface area contributed by atoms with E-state index in [4.69, 9.17) is 10.7 Å².